The van der Waals surface area contributed by atoms with E-state index in [9.17, 15) is 4.79 Å². The van der Waals surface area contributed by atoms with Gasteiger partial charge in [-0.05, 0) is 31.5 Å². The number of nitrogens with one attached hydrogen (secondary N) is 2. The number of hydrogen-bond acceptors (Lipinski definition) is 2. The van der Waals surface area contributed by atoms with Crippen LogP contribution in [0.1, 0.15) is 27.3 Å². The van der Waals surface area contributed by atoms with Crippen LogP contribution >= 0.6 is 15.9 Å². The molecule has 0 spiro atoms. The molecule has 1 aromatic heterocycles. The highest BCUT2D eigenvalue weighted by molar-refractivity contribution is 9.10. The van der Waals surface area contributed by atoms with Crippen LogP contribution in [-0.2, 0) is 6.54 Å². The third kappa shape index (κ3) is 2.79. The van der Waals surface area contributed by atoms with Gasteiger partial charge in [-0.3, -0.25) is 9.89 Å². The van der Waals surface area contributed by atoms with E-state index >= 15 is 0 Å². The fourth-order valence-corrected chi connectivity index (χ4v) is 2.25. The Morgan fingerprint density at radius 1 is 1.44 bits per heavy atom. The molecule has 0 aliphatic heterocycles. The lowest BCUT2D eigenvalue weighted by molar-refractivity contribution is 0.0950. The minimum Gasteiger partial charge on any atom is -0.348 e. The summed E-state index contributed by atoms with van der Waals surface area (Å²) in [7, 11) is 0. The molecule has 0 saturated heterocycles. The van der Waals surface area contributed by atoms with Crippen LogP contribution < -0.4 is 5.32 Å². The van der Waals surface area contributed by atoms with Crippen molar-refractivity contribution in [1.29, 1.82) is 0 Å². The molecule has 0 unspecified atom stereocenters. The van der Waals surface area contributed by atoms with Gasteiger partial charge < -0.3 is 5.32 Å². The van der Waals surface area contributed by atoms with Crippen LogP contribution in [0.5, 0.6) is 0 Å². The lowest BCUT2D eigenvalue weighted by Crippen LogP contribution is -2.23. The number of amides is 1. The van der Waals surface area contributed by atoms with Crippen LogP contribution in [0.25, 0.3) is 0 Å². The predicted molar refractivity (Wildman–Crippen MR) is 73.4 cm³/mol. The lowest BCUT2D eigenvalue weighted by atomic mass is 10.1. The second-order valence-electron chi connectivity index (χ2n) is 4.12. The number of H-pyrrole nitrogens is 1. The SMILES string of the molecule is Cc1n[nH]c(C)c1C(=O)NCc1cccc(Br)c1. The van der Waals surface area contributed by atoms with Gasteiger partial charge in [-0.1, -0.05) is 28.1 Å². The Balaban J connectivity index is 2.05. The lowest BCUT2D eigenvalue weighted by Gasteiger charge is -2.06. The Morgan fingerprint density at radius 2 is 2.22 bits per heavy atom. The van der Waals surface area contributed by atoms with Gasteiger partial charge in [0.15, 0.2) is 0 Å². The molecule has 1 aromatic carbocycles. The number of hydrogen-bond donors (Lipinski definition) is 2. The molecule has 4 nitrogen and oxygen atoms in total. The second-order valence-corrected chi connectivity index (χ2v) is 5.04. The van der Waals surface area contributed by atoms with E-state index in [1.165, 1.54) is 0 Å². The average Bonchev–Trinajstić information content (AvgIpc) is 2.66. The summed E-state index contributed by atoms with van der Waals surface area (Å²) < 4.78 is 1.00. The second kappa shape index (κ2) is 5.35. The number of aryl methyl sites for hydroxylation is 2. The molecule has 1 heterocycles. The number of rotatable bonds is 3. The van der Waals surface area contributed by atoms with Gasteiger partial charge in [0.1, 0.15) is 0 Å². The summed E-state index contributed by atoms with van der Waals surface area (Å²) in [5.74, 6) is -0.0984. The Labute approximate surface area is 114 Å². The van der Waals surface area contributed by atoms with Crippen molar-refractivity contribution in [3.05, 3.63) is 51.3 Å². The van der Waals surface area contributed by atoms with Crippen molar-refractivity contribution in [3.8, 4) is 0 Å². The van der Waals surface area contributed by atoms with Crippen molar-refractivity contribution in [3.63, 3.8) is 0 Å². The van der Waals surface area contributed by atoms with E-state index in [2.05, 4.69) is 31.4 Å². The first-order chi connectivity index (χ1) is 8.58. The zero-order chi connectivity index (χ0) is 13.1. The van der Waals surface area contributed by atoms with Crippen molar-refractivity contribution in [2.24, 2.45) is 0 Å². The molecule has 0 atom stereocenters. The van der Waals surface area contributed by atoms with Crippen molar-refractivity contribution in [2.45, 2.75) is 20.4 Å². The zero-order valence-corrected chi connectivity index (χ0v) is 11.8. The topological polar surface area (TPSA) is 57.8 Å². The van der Waals surface area contributed by atoms with Crippen molar-refractivity contribution in [1.82, 2.24) is 15.5 Å². The summed E-state index contributed by atoms with van der Waals surface area (Å²) in [5, 5.41) is 9.71. The molecule has 0 saturated carbocycles. The van der Waals surface area contributed by atoms with Gasteiger partial charge in [-0.2, -0.15) is 5.10 Å². The van der Waals surface area contributed by atoms with Gasteiger partial charge in [0.2, 0.25) is 0 Å². The van der Waals surface area contributed by atoms with E-state index in [0.29, 0.717) is 12.1 Å². The summed E-state index contributed by atoms with van der Waals surface area (Å²) in [6.07, 6.45) is 0. The van der Waals surface area contributed by atoms with Gasteiger partial charge in [-0.15, -0.1) is 0 Å². The predicted octanol–water partition coefficient (Wildman–Crippen LogP) is 2.72. The van der Waals surface area contributed by atoms with Crippen LogP contribution in [-0.4, -0.2) is 16.1 Å². The Kier molecular flexibility index (Phi) is 3.81. The smallest absolute Gasteiger partial charge is 0.255 e. The number of carbonyl (C=O) groups is 1. The van der Waals surface area contributed by atoms with Crippen LogP contribution in [0.3, 0.4) is 0 Å². The maximum absolute atomic E-state index is 12.0. The van der Waals surface area contributed by atoms with Gasteiger partial charge in [0.05, 0.1) is 11.3 Å². The molecular formula is C13H14BrN3O. The van der Waals surface area contributed by atoms with E-state index in [0.717, 1.165) is 21.4 Å². The summed E-state index contributed by atoms with van der Waals surface area (Å²) in [6, 6.07) is 7.85. The van der Waals surface area contributed by atoms with Gasteiger partial charge in [0, 0.05) is 16.7 Å². The molecular weight excluding hydrogens is 294 g/mol. The van der Waals surface area contributed by atoms with Crippen LogP contribution in [0.15, 0.2) is 28.7 Å². The molecule has 0 radical (unpaired) electrons. The minimum absolute atomic E-state index is 0.0984. The highest BCUT2D eigenvalue weighted by Crippen LogP contribution is 2.12. The van der Waals surface area contributed by atoms with Gasteiger partial charge in [0.25, 0.3) is 5.91 Å². The van der Waals surface area contributed by atoms with Crippen LogP contribution in [0.2, 0.25) is 0 Å². The van der Waals surface area contributed by atoms with E-state index in [1.807, 2.05) is 38.1 Å². The van der Waals surface area contributed by atoms with E-state index in [1.54, 1.807) is 0 Å². The van der Waals surface area contributed by atoms with Gasteiger partial charge in [-0.25, -0.2) is 0 Å². The van der Waals surface area contributed by atoms with E-state index in [-0.39, 0.29) is 5.91 Å². The first-order valence-electron chi connectivity index (χ1n) is 5.62. The molecule has 18 heavy (non-hydrogen) atoms. The number of aromatic nitrogens is 2. The average molecular weight is 308 g/mol. The summed E-state index contributed by atoms with van der Waals surface area (Å²) in [4.78, 5) is 12.0. The number of nitrogens with zero attached hydrogens (tertiary/aromatic N) is 1. The highest BCUT2D eigenvalue weighted by Gasteiger charge is 2.14. The van der Waals surface area contributed by atoms with Gasteiger partial charge >= 0.3 is 0 Å². The number of halogens is 1. The minimum atomic E-state index is -0.0984. The quantitative estimate of drug-likeness (QED) is 0.916. The molecule has 2 rings (SSSR count). The highest BCUT2D eigenvalue weighted by atomic mass is 79.9. The Bertz CT molecular complexity index is 558. The zero-order valence-electron chi connectivity index (χ0n) is 10.2. The van der Waals surface area contributed by atoms with Crippen molar-refractivity contribution >= 4 is 21.8 Å². The first kappa shape index (κ1) is 12.8. The monoisotopic (exact) mass is 307 g/mol. The third-order valence-corrected chi connectivity index (χ3v) is 3.19. The van der Waals surface area contributed by atoms with E-state index < -0.39 is 0 Å². The first-order valence-corrected chi connectivity index (χ1v) is 6.41. The largest absolute Gasteiger partial charge is 0.348 e. The van der Waals surface area contributed by atoms with Crippen LogP contribution in [0.4, 0.5) is 0 Å². The Hall–Kier alpha value is -1.62. The maximum atomic E-state index is 12.0. The summed E-state index contributed by atoms with van der Waals surface area (Å²) >= 11 is 3.40. The molecule has 5 heteroatoms. The number of aromatic amines is 1. The van der Waals surface area contributed by atoms with E-state index in [4.69, 9.17) is 0 Å². The molecule has 1 amide bonds. The van der Waals surface area contributed by atoms with Crippen molar-refractivity contribution < 1.29 is 4.79 Å². The molecule has 0 bridgehead atoms. The molecule has 0 aliphatic rings. The standard InChI is InChI=1S/C13H14BrN3O/c1-8-12(9(2)17-16-8)13(18)15-7-10-4-3-5-11(14)6-10/h3-6H,7H2,1-2H3,(H,15,18)(H,16,17). The molecule has 0 fully saturated rings. The van der Waals surface area contributed by atoms with Crippen molar-refractivity contribution in [2.75, 3.05) is 0 Å². The fraction of sp³-hybridized carbons (Fsp3) is 0.231. The van der Waals surface area contributed by atoms with Crippen LogP contribution in [0, 0.1) is 13.8 Å². The fourth-order valence-electron chi connectivity index (χ4n) is 1.80. The number of benzene rings is 1. The summed E-state index contributed by atoms with van der Waals surface area (Å²) in [5.41, 5.74) is 3.19. The Morgan fingerprint density at radius 3 is 2.83 bits per heavy atom. The molecule has 94 valence electrons. The normalized spacial score (nSPS) is 10.4. The third-order valence-electron chi connectivity index (χ3n) is 2.70. The molecule has 0 aliphatic carbocycles. The molecule has 2 aromatic rings. The summed E-state index contributed by atoms with van der Waals surface area (Å²) in [6.45, 7) is 4.16. The maximum Gasteiger partial charge on any atom is 0.255 e. The molecule has 2 N–H and O–H groups in total. The number of carbonyl (C=O) groups excluding carboxylic acids is 1.